The van der Waals surface area contributed by atoms with Gasteiger partial charge in [0.05, 0.1) is 6.04 Å². The van der Waals surface area contributed by atoms with Crippen molar-refractivity contribution in [3.8, 4) is 0 Å². The molecule has 2 atom stereocenters. The van der Waals surface area contributed by atoms with Crippen molar-refractivity contribution in [3.05, 3.63) is 54.1 Å². The normalized spacial score (nSPS) is 13.5. The maximum Gasteiger partial charge on any atom is 0.244 e. The van der Waals surface area contributed by atoms with Gasteiger partial charge in [-0.3, -0.25) is 9.59 Å². The maximum atomic E-state index is 12.2. The minimum absolute atomic E-state index is 0.285. The fourth-order valence-electron chi connectivity index (χ4n) is 2.15. The minimum Gasteiger partial charge on any atom is -0.345 e. The van der Waals surface area contributed by atoms with E-state index in [1.54, 1.807) is 30.9 Å². The van der Waals surface area contributed by atoms with E-state index < -0.39 is 6.04 Å². The van der Waals surface area contributed by atoms with Crippen LogP contribution >= 0.6 is 0 Å². The Hall–Kier alpha value is -2.96. The van der Waals surface area contributed by atoms with Gasteiger partial charge in [0.2, 0.25) is 11.8 Å². The number of hydrogen-bond acceptors (Lipinski definition) is 4. The number of amides is 2. The van der Waals surface area contributed by atoms with E-state index in [2.05, 4.69) is 20.8 Å². The molecule has 2 rings (SSSR count). The number of carbonyl (C=O) groups is 2. The van der Waals surface area contributed by atoms with Crippen molar-refractivity contribution < 1.29 is 9.59 Å². The van der Waals surface area contributed by atoms with E-state index in [-0.39, 0.29) is 17.9 Å². The summed E-state index contributed by atoms with van der Waals surface area (Å²) in [5.74, 6) is 0.0330. The largest absolute Gasteiger partial charge is 0.345 e. The second-order valence-electron chi connectivity index (χ2n) is 5.50. The first kappa shape index (κ1) is 17.4. The van der Waals surface area contributed by atoms with Crippen LogP contribution in [0.4, 0.5) is 0 Å². The Morgan fingerprint density at radius 2 is 1.88 bits per heavy atom. The van der Waals surface area contributed by atoms with Gasteiger partial charge < -0.3 is 15.2 Å². The van der Waals surface area contributed by atoms with Gasteiger partial charge in [-0.05, 0) is 25.5 Å². The Labute approximate surface area is 140 Å². The zero-order valence-electron chi connectivity index (χ0n) is 13.9. The average molecular weight is 327 g/mol. The third-order valence-corrected chi connectivity index (χ3v) is 3.47. The standard InChI is InChI=1S/C17H21N5O2/c1-12(16-21-18-11-22(16)3)20-17(24)13(2)19-15(23)10-9-14-7-5-4-6-8-14/h4-13H,1-3H3,(H,19,23)(H,20,24)/b10-9+. The zero-order valence-corrected chi connectivity index (χ0v) is 13.9. The van der Waals surface area contributed by atoms with Gasteiger partial charge in [0.1, 0.15) is 12.4 Å². The molecule has 0 saturated carbocycles. The molecule has 1 aromatic carbocycles. The van der Waals surface area contributed by atoms with Gasteiger partial charge in [0.15, 0.2) is 5.82 Å². The molecule has 0 aliphatic rings. The molecule has 2 N–H and O–H groups in total. The summed E-state index contributed by atoms with van der Waals surface area (Å²) < 4.78 is 1.73. The highest BCUT2D eigenvalue weighted by Gasteiger charge is 2.19. The maximum absolute atomic E-state index is 12.2. The zero-order chi connectivity index (χ0) is 17.5. The highest BCUT2D eigenvalue weighted by atomic mass is 16.2. The molecule has 7 heteroatoms. The second kappa shape index (κ2) is 8.05. The number of carbonyl (C=O) groups excluding carboxylic acids is 2. The number of hydrogen-bond donors (Lipinski definition) is 2. The first-order chi connectivity index (χ1) is 11.5. The van der Waals surface area contributed by atoms with Crippen LogP contribution in [-0.4, -0.2) is 32.6 Å². The molecule has 0 radical (unpaired) electrons. The second-order valence-corrected chi connectivity index (χ2v) is 5.50. The predicted octanol–water partition coefficient (Wildman–Crippen LogP) is 1.21. The van der Waals surface area contributed by atoms with Crippen LogP contribution in [0.5, 0.6) is 0 Å². The molecule has 0 saturated heterocycles. The first-order valence-electron chi connectivity index (χ1n) is 7.65. The van der Waals surface area contributed by atoms with Crippen molar-refractivity contribution in [2.45, 2.75) is 25.9 Å². The molecule has 0 aliphatic carbocycles. The van der Waals surface area contributed by atoms with Gasteiger partial charge in [-0.25, -0.2) is 0 Å². The van der Waals surface area contributed by atoms with E-state index in [1.165, 1.54) is 6.08 Å². The number of nitrogens with zero attached hydrogens (tertiary/aromatic N) is 3. The van der Waals surface area contributed by atoms with Crippen molar-refractivity contribution in [3.63, 3.8) is 0 Å². The van der Waals surface area contributed by atoms with Crippen molar-refractivity contribution in [1.29, 1.82) is 0 Å². The van der Waals surface area contributed by atoms with Gasteiger partial charge in [0.25, 0.3) is 0 Å². The Kier molecular flexibility index (Phi) is 5.83. The van der Waals surface area contributed by atoms with Crippen LogP contribution in [0.1, 0.15) is 31.3 Å². The molecule has 126 valence electrons. The molecule has 7 nitrogen and oxygen atoms in total. The van der Waals surface area contributed by atoms with Crippen LogP contribution in [-0.2, 0) is 16.6 Å². The van der Waals surface area contributed by atoms with Gasteiger partial charge in [-0.15, -0.1) is 10.2 Å². The van der Waals surface area contributed by atoms with Crippen LogP contribution < -0.4 is 10.6 Å². The molecule has 0 spiro atoms. The lowest BCUT2D eigenvalue weighted by Crippen LogP contribution is -2.45. The summed E-state index contributed by atoms with van der Waals surface area (Å²) in [5.41, 5.74) is 0.917. The lowest BCUT2D eigenvalue weighted by atomic mass is 10.2. The van der Waals surface area contributed by atoms with Crippen molar-refractivity contribution in [2.24, 2.45) is 7.05 Å². The number of aromatic nitrogens is 3. The quantitative estimate of drug-likeness (QED) is 0.781. The number of rotatable bonds is 6. The lowest BCUT2D eigenvalue weighted by molar-refractivity contribution is -0.127. The van der Waals surface area contributed by atoms with E-state index in [1.807, 2.05) is 37.3 Å². The van der Waals surface area contributed by atoms with Gasteiger partial charge in [-0.1, -0.05) is 30.3 Å². The topological polar surface area (TPSA) is 88.9 Å². The number of benzene rings is 1. The van der Waals surface area contributed by atoms with E-state index in [0.29, 0.717) is 5.82 Å². The van der Waals surface area contributed by atoms with E-state index in [0.717, 1.165) is 5.56 Å². The van der Waals surface area contributed by atoms with E-state index in [9.17, 15) is 9.59 Å². The van der Waals surface area contributed by atoms with Crippen molar-refractivity contribution in [1.82, 2.24) is 25.4 Å². The first-order valence-corrected chi connectivity index (χ1v) is 7.65. The molecule has 1 aromatic heterocycles. The molecular formula is C17H21N5O2. The Morgan fingerprint density at radius 1 is 1.17 bits per heavy atom. The molecule has 0 fully saturated rings. The Morgan fingerprint density at radius 3 is 2.50 bits per heavy atom. The van der Waals surface area contributed by atoms with Crippen LogP contribution in [0.3, 0.4) is 0 Å². The van der Waals surface area contributed by atoms with Crippen molar-refractivity contribution in [2.75, 3.05) is 0 Å². The van der Waals surface area contributed by atoms with Gasteiger partial charge in [-0.2, -0.15) is 0 Å². The van der Waals surface area contributed by atoms with Crippen LogP contribution in [0.2, 0.25) is 0 Å². The summed E-state index contributed by atoms with van der Waals surface area (Å²) in [6.07, 6.45) is 4.67. The number of aryl methyl sites for hydroxylation is 1. The van der Waals surface area contributed by atoms with Gasteiger partial charge in [0, 0.05) is 13.1 Å². The monoisotopic (exact) mass is 327 g/mol. The van der Waals surface area contributed by atoms with E-state index >= 15 is 0 Å². The van der Waals surface area contributed by atoms with Gasteiger partial charge >= 0.3 is 0 Å². The number of nitrogens with one attached hydrogen (secondary N) is 2. The molecular weight excluding hydrogens is 306 g/mol. The molecule has 2 amide bonds. The molecule has 2 unspecified atom stereocenters. The average Bonchev–Trinajstić information content (AvgIpc) is 3.00. The highest BCUT2D eigenvalue weighted by molar-refractivity contribution is 5.95. The smallest absolute Gasteiger partial charge is 0.244 e. The summed E-state index contributed by atoms with van der Waals surface area (Å²) >= 11 is 0. The molecule has 2 aromatic rings. The molecule has 1 heterocycles. The third kappa shape index (κ3) is 4.77. The van der Waals surface area contributed by atoms with Crippen LogP contribution in [0, 0.1) is 0 Å². The minimum atomic E-state index is -0.659. The summed E-state index contributed by atoms with van der Waals surface area (Å²) in [7, 11) is 1.80. The third-order valence-electron chi connectivity index (χ3n) is 3.47. The summed E-state index contributed by atoms with van der Waals surface area (Å²) in [6.45, 7) is 3.44. The SMILES string of the molecule is CC(NC(=O)/C=C/c1ccccc1)C(=O)NC(C)c1nncn1C. The van der Waals surface area contributed by atoms with Crippen LogP contribution in [0.25, 0.3) is 6.08 Å². The Bertz CT molecular complexity index is 724. The lowest BCUT2D eigenvalue weighted by Gasteiger charge is -2.17. The summed E-state index contributed by atoms with van der Waals surface area (Å²) in [4.78, 5) is 24.1. The summed E-state index contributed by atoms with van der Waals surface area (Å²) in [5, 5.41) is 13.2. The highest BCUT2D eigenvalue weighted by Crippen LogP contribution is 2.07. The van der Waals surface area contributed by atoms with Crippen LogP contribution in [0.15, 0.2) is 42.7 Å². The Balaban J connectivity index is 1.86. The van der Waals surface area contributed by atoms with Crippen molar-refractivity contribution >= 4 is 17.9 Å². The molecule has 0 bridgehead atoms. The van der Waals surface area contributed by atoms with E-state index in [4.69, 9.17) is 0 Å². The molecule has 0 aliphatic heterocycles. The molecule has 24 heavy (non-hydrogen) atoms. The fraction of sp³-hybridized carbons (Fsp3) is 0.294. The fourth-order valence-corrected chi connectivity index (χ4v) is 2.15. The summed E-state index contributed by atoms with van der Waals surface area (Å²) in [6, 6.07) is 8.51. The predicted molar refractivity (Wildman–Crippen MR) is 90.6 cm³/mol.